The van der Waals surface area contributed by atoms with Crippen molar-refractivity contribution in [3.05, 3.63) is 29.8 Å². The molecule has 2 rings (SSSR count). The van der Waals surface area contributed by atoms with Crippen LogP contribution in [0.25, 0.3) is 0 Å². The lowest BCUT2D eigenvalue weighted by Crippen LogP contribution is -2.39. The fourth-order valence-corrected chi connectivity index (χ4v) is 2.30. The molecule has 1 aliphatic rings. The van der Waals surface area contributed by atoms with Gasteiger partial charge in [-0.2, -0.15) is 0 Å². The van der Waals surface area contributed by atoms with E-state index in [1.54, 1.807) is 17.0 Å². The number of rotatable bonds is 3. The van der Waals surface area contributed by atoms with Gasteiger partial charge < -0.3 is 16.4 Å². The van der Waals surface area contributed by atoms with Crippen LogP contribution in [0.3, 0.4) is 0 Å². The number of hydrogen-bond acceptors (Lipinski definition) is 3. The van der Waals surface area contributed by atoms with Crippen LogP contribution < -0.4 is 11.5 Å². The molecule has 1 aliphatic heterocycles. The van der Waals surface area contributed by atoms with E-state index in [0.717, 1.165) is 5.56 Å². The third kappa shape index (κ3) is 2.86. The molecule has 0 aliphatic carbocycles. The smallest absolute Gasteiger partial charge is 0.227 e. The zero-order valence-corrected chi connectivity index (χ0v) is 11.1. The summed E-state index contributed by atoms with van der Waals surface area (Å²) in [5.41, 5.74) is 12.0. The summed E-state index contributed by atoms with van der Waals surface area (Å²) in [5, 5.41) is 0. The topological polar surface area (TPSA) is 89.4 Å². The molecular weight excluding hydrogens is 242 g/mol. The van der Waals surface area contributed by atoms with E-state index >= 15 is 0 Å². The standard InChI is InChI=1S/C14H19N3O2/c1-14(13(16)19)6-7-17(9-14)12(18)8-10-2-4-11(15)5-3-10/h2-5H,6-9,15H2,1H3,(H2,16,19). The third-order valence-corrected chi connectivity index (χ3v) is 3.76. The minimum atomic E-state index is -0.587. The van der Waals surface area contributed by atoms with E-state index in [9.17, 15) is 9.59 Å². The molecule has 0 saturated carbocycles. The van der Waals surface area contributed by atoms with Gasteiger partial charge in [0, 0.05) is 18.8 Å². The second-order valence-electron chi connectivity index (χ2n) is 5.41. The number of nitrogen functional groups attached to an aromatic ring is 1. The van der Waals surface area contributed by atoms with Gasteiger partial charge in [0.1, 0.15) is 0 Å². The SMILES string of the molecule is CC1(C(N)=O)CCN(C(=O)Cc2ccc(N)cc2)C1. The van der Waals surface area contributed by atoms with Crippen molar-refractivity contribution in [3.8, 4) is 0 Å². The molecule has 1 unspecified atom stereocenters. The fourth-order valence-electron chi connectivity index (χ4n) is 2.30. The molecule has 0 aromatic heterocycles. The van der Waals surface area contributed by atoms with Gasteiger partial charge in [-0.05, 0) is 31.0 Å². The number of amides is 2. The Balaban J connectivity index is 1.98. The highest BCUT2D eigenvalue weighted by Crippen LogP contribution is 2.29. The molecule has 5 nitrogen and oxygen atoms in total. The van der Waals surface area contributed by atoms with Gasteiger partial charge in [-0.15, -0.1) is 0 Å². The average Bonchev–Trinajstić information content (AvgIpc) is 2.76. The molecule has 1 heterocycles. The van der Waals surface area contributed by atoms with Gasteiger partial charge in [0.05, 0.1) is 11.8 Å². The van der Waals surface area contributed by atoms with Crippen LogP contribution in [0, 0.1) is 5.41 Å². The summed E-state index contributed by atoms with van der Waals surface area (Å²) >= 11 is 0. The van der Waals surface area contributed by atoms with Gasteiger partial charge in [-0.3, -0.25) is 9.59 Å². The zero-order chi connectivity index (χ0) is 14.0. The van der Waals surface area contributed by atoms with Crippen LogP contribution in [-0.2, 0) is 16.0 Å². The van der Waals surface area contributed by atoms with Gasteiger partial charge in [-0.1, -0.05) is 12.1 Å². The number of nitrogens with two attached hydrogens (primary N) is 2. The van der Waals surface area contributed by atoms with Crippen molar-refractivity contribution in [1.29, 1.82) is 0 Å². The number of carbonyl (C=O) groups excluding carboxylic acids is 2. The summed E-state index contributed by atoms with van der Waals surface area (Å²) in [4.78, 5) is 25.2. The first-order valence-electron chi connectivity index (χ1n) is 6.33. The molecule has 2 amide bonds. The first kappa shape index (κ1) is 13.4. The number of hydrogen-bond donors (Lipinski definition) is 2. The Kier molecular flexibility index (Phi) is 3.46. The summed E-state index contributed by atoms with van der Waals surface area (Å²) in [7, 11) is 0. The van der Waals surface area contributed by atoms with Crippen LogP contribution in [0.4, 0.5) is 5.69 Å². The lowest BCUT2D eigenvalue weighted by atomic mass is 9.89. The Morgan fingerprint density at radius 1 is 1.32 bits per heavy atom. The van der Waals surface area contributed by atoms with E-state index in [1.807, 2.05) is 19.1 Å². The summed E-state index contributed by atoms with van der Waals surface area (Å²) in [6.45, 7) is 2.81. The summed E-state index contributed by atoms with van der Waals surface area (Å²) < 4.78 is 0. The maximum absolute atomic E-state index is 12.2. The van der Waals surface area contributed by atoms with Crippen LogP contribution >= 0.6 is 0 Å². The Hall–Kier alpha value is -2.04. The molecular formula is C14H19N3O2. The highest BCUT2D eigenvalue weighted by Gasteiger charge is 2.40. The van der Waals surface area contributed by atoms with Crippen LogP contribution in [-0.4, -0.2) is 29.8 Å². The molecule has 1 fully saturated rings. The first-order chi connectivity index (χ1) is 8.90. The van der Waals surface area contributed by atoms with Crippen LogP contribution in [0.15, 0.2) is 24.3 Å². The number of benzene rings is 1. The molecule has 1 atom stereocenters. The Labute approximate surface area is 112 Å². The minimum absolute atomic E-state index is 0.0229. The lowest BCUT2D eigenvalue weighted by Gasteiger charge is -2.21. The van der Waals surface area contributed by atoms with Crippen molar-refractivity contribution in [2.75, 3.05) is 18.8 Å². The van der Waals surface area contributed by atoms with Crippen molar-refractivity contribution in [3.63, 3.8) is 0 Å². The van der Waals surface area contributed by atoms with E-state index in [0.29, 0.717) is 31.6 Å². The maximum Gasteiger partial charge on any atom is 0.227 e. The first-order valence-corrected chi connectivity index (χ1v) is 6.33. The molecule has 102 valence electrons. The molecule has 4 N–H and O–H groups in total. The van der Waals surface area contributed by atoms with Gasteiger partial charge in [0.25, 0.3) is 0 Å². The zero-order valence-electron chi connectivity index (χ0n) is 11.1. The Morgan fingerprint density at radius 2 is 1.95 bits per heavy atom. The van der Waals surface area contributed by atoms with E-state index < -0.39 is 5.41 Å². The minimum Gasteiger partial charge on any atom is -0.399 e. The van der Waals surface area contributed by atoms with Crippen molar-refractivity contribution < 1.29 is 9.59 Å². The average molecular weight is 261 g/mol. The highest BCUT2D eigenvalue weighted by molar-refractivity contribution is 5.84. The van der Waals surface area contributed by atoms with E-state index in [2.05, 4.69) is 0 Å². The van der Waals surface area contributed by atoms with Crippen molar-refractivity contribution >= 4 is 17.5 Å². The maximum atomic E-state index is 12.2. The molecule has 0 spiro atoms. The quantitative estimate of drug-likeness (QED) is 0.778. The van der Waals surface area contributed by atoms with Gasteiger partial charge in [0.15, 0.2) is 0 Å². The molecule has 0 radical (unpaired) electrons. The van der Waals surface area contributed by atoms with Gasteiger partial charge >= 0.3 is 0 Å². The van der Waals surface area contributed by atoms with E-state index in [1.165, 1.54) is 0 Å². The lowest BCUT2D eigenvalue weighted by molar-refractivity contribution is -0.131. The van der Waals surface area contributed by atoms with Crippen molar-refractivity contribution in [2.45, 2.75) is 19.8 Å². The van der Waals surface area contributed by atoms with E-state index in [4.69, 9.17) is 11.5 Å². The number of nitrogens with zero attached hydrogens (tertiary/aromatic N) is 1. The Morgan fingerprint density at radius 3 is 2.47 bits per heavy atom. The highest BCUT2D eigenvalue weighted by atomic mass is 16.2. The summed E-state index contributed by atoms with van der Waals surface area (Å²) in [6, 6.07) is 7.24. The Bertz CT molecular complexity index is 498. The second kappa shape index (κ2) is 4.91. The predicted octanol–water partition coefficient (Wildman–Crippen LogP) is 0.535. The number of likely N-dealkylation sites (tertiary alicyclic amines) is 1. The molecule has 5 heteroatoms. The number of primary amides is 1. The second-order valence-corrected chi connectivity index (χ2v) is 5.41. The molecule has 19 heavy (non-hydrogen) atoms. The van der Waals surface area contributed by atoms with Crippen LogP contribution in [0.2, 0.25) is 0 Å². The largest absolute Gasteiger partial charge is 0.399 e. The van der Waals surface area contributed by atoms with Gasteiger partial charge in [-0.25, -0.2) is 0 Å². The third-order valence-electron chi connectivity index (χ3n) is 3.76. The number of anilines is 1. The van der Waals surface area contributed by atoms with Crippen molar-refractivity contribution in [2.24, 2.45) is 11.1 Å². The fraction of sp³-hybridized carbons (Fsp3) is 0.429. The molecule has 1 aromatic rings. The molecule has 1 aromatic carbocycles. The van der Waals surface area contributed by atoms with Gasteiger partial charge in [0.2, 0.25) is 11.8 Å². The van der Waals surface area contributed by atoms with Crippen LogP contribution in [0.1, 0.15) is 18.9 Å². The molecule has 0 bridgehead atoms. The number of carbonyl (C=O) groups is 2. The summed E-state index contributed by atoms with van der Waals surface area (Å²) in [6.07, 6.45) is 0.963. The summed E-state index contributed by atoms with van der Waals surface area (Å²) in [5.74, 6) is -0.315. The predicted molar refractivity (Wildman–Crippen MR) is 73.1 cm³/mol. The van der Waals surface area contributed by atoms with E-state index in [-0.39, 0.29) is 11.8 Å². The normalized spacial score (nSPS) is 22.5. The van der Waals surface area contributed by atoms with Crippen LogP contribution in [0.5, 0.6) is 0 Å². The molecule has 1 saturated heterocycles. The van der Waals surface area contributed by atoms with Crippen molar-refractivity contribution in [1.82, 2.24) is 4.90 Å². The monoisotopic (exact) mass is 261 g/mol.